The van der Waals surface area contributed by atoms with E-state index in [1.807, 2.05) is 49.2 Å². The van der Waals surface area contributed by atoms with E-state index in [2.05, 4.69) is 5.32 Å². The van der Waals surface area contributed by atoms with Crippen LogP contribution in [-0.2, 0) is 4.79 Å². The van der Waals surface area contributed by atoms with Gasteiger partial charge in [-0.25, -0.2) is 0 Å². The van der Waals surface area contributed by atoms with Gasteiger partial charge in [0.1, 0.15) is 0 Å². The van der Waals surface area contributed by atoms with E-state index in [-0.39, 0.29) is 24.3 Å². The first kappa shape index (κ1) is 14.7. The monoisotopic (exact) mass is 274 g/mol. The first-order chi connectivity index (χ1) is 9.61. The van der Waals surface area contributed by atoms with Crippen molar-refractivity contribution < 1.29 is 9.59 Å². The molecule has 1 aromatic rings. The highest BCUT2D eigenvalue weighted by Gasteiger charge is 2.27. The fourth-order valence-electron chi connectivity index (χ4n) is 2.33. The molecule has 1 unspecified atom stereocenters. The molecular formula is C16H22N2O2. The van der Waals surface area contributed by atoms with Crippen molar-refractivity contribution in [2.45, 2.75) is 38.3 Å². The molecule has 1 atom stereocenters. The first-order valence-electron chi connectivity index (χ1n) is 7.20. The summed E-state index contributed by atoms with van der Waals surface area (Å²) < 4.78 is 0. The van der Waals surface area contributed by atoms with E-state index < -0.39 is 0 Å². The molecule has 4 nitrogen and oxygen atoms in total. The lowest BCUT2D eigenvalue weighted by Crippen LogP contribution is -2.44. The van der Waals surface area contributed by atoms with E-state index in [1.54, 1.807) is 0 Å². The van der Waals surface area contributed by atoms with Gasteiger partial charge in [-0.05, 0) is 26.3 Å². The second-order valence-corrected chi connectivity index (χ2v) is 5.41. The summed E-state index contributed by atoms with van der Waals surface area (Å²) in [4.78, 5) is 26.1. The van der Waals surface area contributed by atoms with Crippen LogP contribution in [-0.4, -0.2) is 42.3 Å². The predicted molar refractivity (Wildman–Crippen MR) is 78.6 cm³/mol. The molecule has 1 N–H and O–H groups in total. The minimum absolute atomic E-state index is 0.00862. The van der Waals surface area contributed by atoms with Gasteiger partial charge < -0.3 is 5.32 Å². The third kappa shape index (κ3) is 3.90. The van der Waals surface area contributed by atoms with Gasteiger partial charge in [0, 0.05) is 11.6 Å². The van der Waals surface area contributed by atoms with Gasteiger partial charge in [0.15, 0.2) is 5.78 Å². The highest BCUT2D eigenvalue weighted by atomic mass is 16.2. The van der Waals surface area contributed by atoms with Gasteiger partial charge in [-0.2, -0.15) is 0 Å². The van der Waals surface area contributed by atoms with E-state index in [0.717, 1.165) is 12.8 Å². The van der Waals surface area contributed by atoms with Crippen LogP contribution in [0.4, 0.5) is 0 Å². The van der Waals surface area contributed by atoms with Crippen molar-refractivity contribution in [2.24, 2.45) is 0 Å². The van der Waals surface area contributed by atoms with E-state index >= 15 is 0 Å². The lowest BCUT2D eigenvalue weighted by Gasteiger charge is -2.25. The van der Waals surface area contributed by atoms with Crippen molar-refractivity contribution in [3.63, 3.8) is 0 Å². The molecule has 4 heteroatoms. The van der Waals surface area contributed by atoms with E-state index in [1.165, 1.54) is 0 Å². The van der Waals surface area contributed by atoms with E-state index in [4.69, 9.17) is 0 Å². The zero-order valence-electron chi connectivity index (χ0n) is 12.1. The summed E-state index contributed by atoms with van der Waals surface area (Å²) >= 11 is 0. The number of amides is 1. The maximum Gasteiger partial charge on any atom is 0.234 e. The summed E-state index contributed by atoms with van der Waals surface area (Å²) in [6, 6.07) is 9.37. The number of Topliss-reactive ketones (excluding diaryl/α,β-unsaturated/α-hetero) is 1. The molecule has 1 fully saturated rings. The van der Waals surface area contributed by atoms with Crippen LogP contribution < -0.4 is 5.32 Å². The molecule has 0 aromatic heterocycles. The Morgan fingerprint density at radius 3 is 2.50 bits per heavy atom. The molecule has 0 bridgehead atoms. The molecule has 1 aliphatic rings. The van der Waals surface area contributed by atoms with Crippen LogP contribution in [0.3, 0.4) is 0 Å². The van der Waals surface area contributed by atoms with Gasteiger partial charge in [-0.1, -0.05) is 37.3 Å². The fourth-order valence-corrected chi connectivity index (χ4v) is 2.33. The zero-order valence-corrected chi connectivity index (χ0v) is 12.1. The average Bonchev–Trinajstić information content (AvgIpc) is 3.24. The van der Waals surface area contributed by atoms with Gasteiger partial charge in [-0.3, -0.25) is 14.5 Å². The van der Waals surface area contributed by atoms with Crippen molar-refractivity contribution in [3.8, 4) is 0 Å². The summed E-state index contributed by atoms with van der Waals surface area (Å²) in [7, 11) is 1.83. The van der Waals surface area contributed by atoms with Crippen LogP contribution >= 0.6 is 0 Å². The summed E-state index contributed by atoms with van der Waals surface area (Å²) in [6.45, 7) is 2.24. The molecule has 0 aliphatic heterocycles. The SMILES string of the molecule is CCC(C(=O)c1ccccc1)N(C)CC(=O)NC1CC1. The number of carbonyl (C=O) groups is 2. The molecule has 108 valence electrons. The first-order valence-corrected chi connectivity index (χ1v) is 7.20. The van der Waals surface area contributed by atoms with Crippen LogP contribution in [0.25, 0.3) is 0 Å². The highest BCUT2D eigenvalue weighted by molar-refractivity contribution is 6.00. The quantitative estimate of drug-likeness (QED) is 0.772. The number of nitrogens with one attached hydrogen (secondary N) is 1. The smallest absolute Gasteiger partial charge is 0.234 e. The number of likely N-dealkylation sites (N-methyl/N-ethyl adjacent to an activating group) is 1. The number of hydrogen-bond donors (Lipinski definition) is 1. The number of rotatable bonds is 7. The van der Waals surface area contributed by atoms with Crippen molar-refractivity contribution >= 4 is 11.7 Å². The number of benzene rings is 1. The third-order valence-electron chi connectivity index (χ3n) is 3.62. The Bertz CT molecular complexity index is 469. The molecule has 2 rings (SSSR count). The number of hydrogen-bond acceptors (Lipinski definition) is 3. The lowest BCUT2D eigenvalue weighted by molar-refractivity contribution is -0.122. The molecule has 0 radical (unpaired) electrons. The third-order valence-corrected chi connectivity index (χ3v) is 3.62. The Balaban J connectivity index is 1.95. The van der Waals surface area contributed by atoms with Crippen LogP contribution in [0.2, 0.25) is 0 Å². The Morgan fingerprint density at radius 1 is 1.30 bits per heavy atom. The van der Waals surface area contributed by atoms with Crippen molar-refractivity contribution in [2.75, 3.05) is 13.6 Å². The average molecular weight is 274 g/mol. The van der Waals surface area contributed by atoms with Crippen molar-refractivity contribution in [3.05, 3.63) is 35.9 Å². The van der Waals surface area contributed by atoms with Gasteiger partial charge in [-0.15, -0.1) is 0 Å². The molecule has 20 heavy (non-hydrogen) atoms. The van der Waals surface area contributed by atoms with Crippen LogP contribution in [0.5, 0.6) is 0 Å². The molecule has 1 aliphatic carbocycles. The standard InChI is InChI=1S/C16H22N2O2/c1-3-14(16(20)12-7-5-4-6-8-12)18(2)11-15(19)17-13-9-10-13/h4-8,13-14H,3,9-11H2,1-2H3,(H,17,19). The topological polar surface area (TPSA) is 49.4 Å². The normalized spacial score (nSPS) is 15.9. The maximum absolute atomic E-state index is 12.5. The minimum Gasteiger partial charge on any atom is -0.352 e. The molecule has 1 saturated carbocycles. The molecule has 1 aromatic carbocycles. The van der Waals surface area contributed by atoms with E-state index in [0.29, 0.717) is 18.0 Å². The molecule has 0 spiro atoms. The number of ketones is 1. The Labute approximate surface area is 120 Å². The van der Waals surface area contributed by atoms with Crippen LogP contribution in [0.1, 0.15) is 36.5 Å². The minimum atomic E-state index is -0.248. The van der Waals surface area contributed by atoms with Crippen LogP contribution in [0.15, 0.2) is 30.3 Å². The Kier molecular flexibility index (Phi) is 4.90. The van der Waals surface area contributed by atoms with E-state index in [9.17, 15) is 9.59 Å². The summed E-state index contributed by atoms with van der Waals surface area (Å²) in [5.41, 5.74) is 0.703. The van der Waals surface area contributed by atoms with Gasteiger partial charge in [0.05, 0.1) is 12.6 Å². The predicted octanol–water partition coefficient (Wildman–Crippen LogP) is 1.86. The van der Waals surface area contributed by atoms with Crippen LogP contribution in [0, 0.1) is 0 Å². The number of nitrogens with zero attached hydrogens (tertiary/aromatic N) is 1. The van der Waals surface area contributed by atoms with Crippen molar-refractivity contribution in [1.29, 1.82) is 0 Å². The summed E-state index contributed by atoms with van der Waals surface area (Å²) in [5, 5.41) is 2.95. The Hall–Kier alpha value is -1.68. The van der Waals surface area contributed by atoms with Gasteiger partial charge in [0.25, 0.3) is 0 Å². The molecule has 0 heterocycles. The zero-order chi connectivity index (χ0) is 14.5. The second-order valence-electron chi connectivity index (χ2n) is 5.41. The highest BCUT2D eigenvalue weighted by Crippen LogP contribution is 2.18. The lowest BCUT2D eigenvalue weighted by atomic mass is 10.0. The van der Waals surface area contributed by atoms with Crippen molar-refractivity contribution in [1.82, 2.24) is 10.2 Å². The largest absolute Gasteiger partial charge is 0.352 e. The molecule has 1 amide bonds. The summed E-state index contributed by atoms with van der Waals surface area (Å²) in [6.07, 6.45) is 2.85. The molecule has 0 saturated heterocycles. The second kappa shape index (κ2) is 6.66. The maximum atomic E-state index is 12.5. The summed E-state index contributed by atoms with van der Waals surface area (Å²) in [5.74, 6) is 0.0872. The van der Waals surface area contributed by atoms with Gasteiger partial charge >= 0.3 is 0 Å². The fraction of sp³-hybridized carbons (Fsp3) is 0.500. The Morgan fingerprint density at radius 2 is 1.95 bits per heavy atom. The number of carbonyl (C=O) groups excluding carboxylic acids is 2. The van der Waals surface area contributed by atoms with Gasteiger partial charge in [0.2, 0.25) is 5.91 Å². The molecular weight excluding hydrogens is 252 g/mol.